The number of hydrogen-bond acceptors (Lipinski definition) is 5. The number of rotatable bonds is 7. The van der Waals surface area contributed by atoms with Gasteiger partial charge in [-0.2, -0.15) is 0 Å². The van der Waals surface area contributed by atoms with Crippen molar-refractivity contribution in [1.29, 1.82) is 0 Å². The van der Waals surface area contributed by atoms with E-state index in [9.17, 15) is 4.79 Å². The summed E-state index contributed by atoms with van der Waals surface area (Å²) in [5.74, 6) is 1.79. The zero-order chi connectivity index (χ0) is 21.6. The molecule has 0 radical (unpaired) electrons. The number of amides is 1. The number of methoxy groups -OCH3 is 1. The zero-order valence-electron chi connectivity index (χ0n) is 18.5. The summed E-state index contributed by atoms with van der Waals surface area (Å²) >= 11 is 0. The van der Waals surface area contributed by atoms with Crippen LogP contribution in [0, 0.1) is 0 Å². The van der Waals surface area contributed by atoms with Crippen molar-refractivity contribution < 1.29 is 19.0 Å². The third kappa shape index (κ3) is 5.20. The maximum absolute atomic E-state index is 13.2. The molecule has 1 amide bonds. The molecule has 166 valence electrons. The summed E-state index contributed by atoms with van der Waals surface area (Å²) < 4.78 is 17.8. The van der Waals surface area contributed by atoms with Crippen molar-refractivity contribution in [3.63, 3.8) is 0 Å². The van der Waals surface area contributed by atoms with Crippen LogP contribution >= 0.6 is 0 Å². The highest BCUT2D eigenvalue weighted by molar-refractivity contribution is 5.78. The van der Waals surface area contributed by atoms with Gasteiger partial charge in [-0.05, 0) is 31.9 Å². The molecule has 2 heterocycles. The van der Waals surface area contributed by atoms with E-state index >= 15 is 0 Å². The molecule has 0 unspecified atom stereocenters. The van der Waals surface area contributed by atoms with Gasteiger partial charge in [0, 0.05) is 43.9 Å². The molecule has 2 atom stereocenters. The molecule has 4 rings (SSSR count). The molecular formula is C25H32N2O4. The number of fused-ring (bicyclic) bond motifs is 1. The van der Waals surface area contributed by atoms with Crippen molar-refractivity contribution in [2.24, 2.45) is 0 Å². The molecule has 2 aliphatic rings. The number of para-hydroxylation sites is 2. The summed E-state index contributed by atoms with van der Waals surface area (Å²) in [7, 11) is 1.68. The minimum absolute atomic E-state index is 0.135. The Morgan fingerprint density at radius 2 is 2.00 bits per heavy atom. The molecule has 0 aromatic heterocycles. The first-order valence-electron chi connectivity index (χ1n) is 11.2. The Morgan fingerprint density at radius 1 is 1.19 bits per heavy atom. The lowest BCUT2D eigenvalue weighted by Crippen LogP contribution is -2.44. The Morgan fingerprint density at radius 3 is 2.77 bits per heavy atom. The second kappa shape index (κ2) is 10.2. The van der Waals surface area contributed by atoms with Gasteiger partial charge in [0.1, 0.15) is 17.6 Å². The number of ether oxygens (including phenoxy) is 3. The van der Waals surface area contributed by atoms with E-state index in [4.69, 9.17) is 14.2 Å². The summed E-state index contributed by atoms with van der Waals surface area (Å²) in [6, 6.07) is 16.0. The lowest BCUT2D eigenvalue weighted by Gasteiger charge is -2.29. The summed E-state index contributed by atoms with van der Waals surface area (Å²) in [6.07, 6.45) is 2.06. The molecule has 0 saturated carbocycles. The van der Waals surface area contributed by atoms with Gasteiger partial charge < -0.3 is 19.1 Å². The van der Waals surface area contributed by atoms with Gasteiger partial charge in [0.2, 0.25) is 5.91 Å². The summed E-state index contributed by atoms with van der Waals surface area (Å²) in [5, 5.41) is 0. The molecule has 0 aliphatic carbocycles. The van der Waals surface area contributed by atoms with Crippen molar-refractivity contribution in [2.45, 2.75) is 38.5 Å². The average Bonchev–Trinajstić information content (AvgIpc) is 3.24. The fourth-order valence-corrected chi connectivity index (χ4v) is 4.43. The van der Waals surface area contributed by atoms with Gasteiger partial charge in [-0.15, -0.1) is 0 Å². The van der Waals surface area contributed by atoms with Crippen LogP contribution in [0.25, 0.3) is 0 Å². The Hall–Kier alpha value is -2.57. The quantitative estimate of drug-likeness (QED) is 0.679. The largest absolute Gasteiger partial charge is 0.496 e. The molecule has 2 aliphatic heterocycles. The van der Waals surface area contributed by atoms with Crippen LogP contribution in [0.4, 0.5) is 0 Å². The van der Waals surface area contributed by atoms with Gasteiger partial charge in [0.15, 0.2) is 0 Å². The van der Waals surface area contributed by atoms with E-state index in [1.165, 1.54) is 0 Å². The van der Waals surface area contributed by atoms with Crippen molar-refractivity contribution in [3.8, 4) is 11.5 Å². The molecule has 6 nitrogen and oxygen atoms in total. The maximum Gasteiger partial charge on any atom is 0.236 e. The van der Waals surface area contributed by atoms with E-state index in [2.05, 4.69) is 11.0 Å². The van der Waals surface area contributed by atoms with E-state index in [-0.39, 0.29) is 18.1 Å². The van der Waals surface area contributed by atoms with Gasteiger partial charge in [-0.25, -0.2) is 0 Å². The van der Waals surface area contributed by atoms with Crippen molar-refractivity contribution in [1.82, 2.24) is 9.80 Å². The lowest BCUT2D eigenvalue weighted by atomic mass is 10.1. The predicted molar refractivity (Wildman–Crippen MR) is 119 cm³/mol. The predicted octanol–water partition coefficient (Wildman–Crippen LogP) is 3.66. The number of hydrogen-bond donors (Lipinski definition) is 0. The minimum atomic E-state index is -0.221. The number of carbonyl (C=O) groups is 1. The van der Waals surface area contributed by atoms with E-state index in [1.54, 1.807) is 7.11 Å². The first kappa shape index (κ1) is 21.7. The van der Waals surface area contributed by atoms with Gasteiger partial charge in [-0.1, -0.05) is 36.4 Å². The number of likely N-dealkylation sites (N-methyl/N-ethyl adjacent to an activating group) is 1. The van der Waals surface area contributed by atoms with Gasteiger partial charge >= 0.3 is 0 Å². The molecule has 31 heavy (non-hydrogen) atoms. The number of carbonyl (C=O) groups excluding carboxylic acids is 1. The van der Waals surface area contributed by atoms with Crippen LogP contribution in [0.2, 0.25) is 0 Å². The van der Waals surface area contributed by atoms with Gasteiger partial charge in [-0.3, -0.25) is 9.69 Å². The Kier molecular flexibility index (Phi) is 7.10. The SMILES string of the molecule is CCN(C[C@@H]1CCCO1)C(=O)CN1Cc2ccccc2O[C@@H](c2ccccc2OC)C1. The Bertz CT molecular complexity index is 881. The highest BCUT2D eigenvalue weighted by atomic mass is 16.5. The standard InChI is InChI=1S/C25H32N2O4/c1-3-27(16-20-10-8-14-30-20)25(28)18-26-15-19-9-4-6-12-22(19)31-24(17-26)21-11-5-7-13-23(21)29-2/h4-7,9,11-13,20,24H,3,8,10,14-18H2,1-2H3/t20-,24+/m0/s1. The van der Waals surface area contributed by atoms with Crippen molar-refractivity contribution in [2.75, 3.05) is 39.9 Å². The van der Waals surface area contributed by atoms with E-state index in [0.29, 0.717) is 32.7 Å². The molecule has 1 saturated heterocycles. The van der Waals surface area contributed by atoms with Crippen LogP contribution in [0.15, 0.2) is 48.5 Å². The number of nitrogens with zero attached hydrogens (tertiary/aromatic N) is 2. The van der Waals surface area contributed by atoms with E-state index in [1.807, 2.05) is 54.3 Å². The first-order chi connectivity index (χ1) is 15.2. The molecule has 2 aromatic rings. The first-order valence-corrected chi connectivity index (χ1v) is 11.2. The highest BCUT2D eigenvalue weighted by Gasteiger charge is 2.29. The second-order valence-corrected chi connectivity index (χ2v) is 8.19. The molecule has 0 N–H and O–H groups in total. The fraction of sp³-hybridized carbons (Fsp3) is 0.480. The third-order valence-electron chi connectivity index (χ3n) is 6.09. The van der Waals surface area contributed by atoms with Crippen LogP contribution in [0.5, 0.6) is 11.5 Å². The molecular weight excluding hydrogens is 392 g/mol. The Balaban J connectivity index is 1.54. The molecule has 6 heteroatoms. The lowest BCUT2D eigenvalue weighted by molar-refractivity contribution is -0.134. The van der Waals surface area contributed by atoms with Crippen LogP contribution in [-0.4, -0.2) is 61.7 Å². The zero-order valence-corrected chi connectivity index (χ0v) is 18.5. The van der Waals surface area contributed by atoms with Crippen LogP contribution in [-0.2, 0) is 16.1 Å². The van der Waals surface area contributed by atoms with E-state index in [0.717, 1.165) is 42.1 Å². The summed E-state index contributed by atoms with van der Waals surface area (Å²) in [6.45, 7) is 5.83. The van der Waals surface area contributed by atoms with Gasteiger partial charge in [0.05, 0.1) is 19.8 Å². The maximum atomic E-state index is 13.2. The van der Waals surface area contributed by atoms with Crippen LogP contribution in [0.3, 0.4) is 0 Å². The molecule has 2 aromatic carbocycles. The summed E-state index contributed by atoms with van der Waals surface area (Å²) in [5.41, 5.74) is 2.08. The van der Waals surface area contributed by atoms with Gasteiger partial charge in [0.25, 0.3) is 0 Å². The average molecular weight is 425 g/mol. The van der Waals surface area contributed by atoms with Crippen molar-refractivity contribution >= 4 is 5.91 Å². The van der Waals surface area contributed by atoms with E-state index < -0.39 is 0 Å². The molecule has 1 fully saturated rings. The monoisotopic (exact) mass is 424 g/mol. The topological polar surface area (TPSA) is 51.2 Å². The van der Waals surface area contributed by atoms with Crippen LogP contribution in [0.1, 0.15) is 37.0 Å². The highest BCUT2D eigenvalue weighted by Crippen LogP contribution is 2.34. The third-order valence-corrected chi connectivity index (χ3v) is 6.09. The number of benzene rings is 2. The normalized spacial score (nSPS) is 21.1. The second-order valence-electron chi connectivity index (χ2n) is 8.19. The minimum Gasteiger partial charge on any atom is -0.496 e. The molecule has 0 bridgehead atoms. The van der Waals surface area contributed by atoms with Crippen LogP contribution < -0.4 is 9.47 Å². The molecule has 0 spiro atoms. The smallest absolute Gasteiger partial charge is 0.236 e. The summed E-state index contributed by atoms with van der Waals surface area (Å²) in [4.78, 5) is 17.3. The van der Waals surface area contributed by atoms with Crippen molar-refractivity contribution in [3.05, 3.63) is 59.7 Å². The fourth-order valence-electron chi connectivity index (χ4n) is 4.43. The Labute approximate surface area is 184 Å².